The van der Waals surface area contributed by atoms with Crippen molar-refractivity contribution in [2.24, 2.45) is 7.05 Å². The molecule has 6 heteroatoms. The van der Waals surface area contributed by atoms with Crippen LogP contribution in [0.3, 0.4) is 0 Å². The number of anilines is 1. The number of benzene rings is 1. The lowest BCUT2D eigenvalue weighted by Gasteiger charge is -2.12. The van der Waals surface area contributed by atoms with Crippen LogP contribution in [0.15, 0.2) is 29.2 Å². The summed E-state index contributed by atoms with van der Waals surface area (Å²) in [6.07, 6.45) is 0. The Labute approximate surface area is 133 Å². The Balaban J connectivity index is 2.04. The van der Waals surface area contributed by atoms with Crippen LogP contribution in [-0.4, -0.2) is 20.9 Å². The summed E-state index contributed by atoms with van der Waals surface area (Å²) in [5, 5.41) is 7.75. The number of amides is 1. The van der Waals surface area contributed by atoms with Gasteiger partial charge < -0.3 is 5.32 Å². The van der Waals surface area contributed by atoms with E-state index in [4.69, 9.17) is 11.6 Å². The number of hydrogen-bond acceptors (Lipinski definition) is 3. The number of halogens is 1. The predicted molar refractivity (Wildman–Crippen MR) is 88.1 cm³/mol. The number of rotatable bonds is 4. The summed E-state index contributed by atoms with van der Waals surface area (Å²) < 4.78 is 1.77. The molecule has 2 aromatic rings. The molecule has 2 rings (SSSR count). The van der Waals surface area contributed by atoms with Gasteiger partial charge in [-0.25, -0.2) is 0 Å². The van der Waals surface area contributed by atoms with Crippen molar-refractivity contribution in [1.82, 2.24) is 9.78 Å². The Morgan fingerprint density at radius 3 is 2.48 bits per heavy atom. The topological polar surface area (TPSA) is 46.9 Å². The quantitative estimate of drug-likeness (QED) is 0.870. The zero-order chi connectivity index (χ0) is 15.6. The van der Waals surface area contributed by atoms with Crippen molar-refractivity contribution >= 4 is 35.0 Å². The molecule has 0 saturated heterocycles. The van der Waals surface area contributed by atoms with Gasteiger partial charge in [0.2, 0.25) is 5.91 Å². The molecule has 0 saturated carbocycles. The second kappa shape index (κ2) is 6.54. The van der Waals surface area contributed by atoms with E-state index < -0.39 is 0 Å². The lowest BCUT2D eigenvalue weighted by Crippen LogP contribution is -2.23. The number of nitrogens with one attached hydrogen (secondary N) is 1. The normalized spacial score (nSPS) is 12.2. The zero-order valence-corrected chi connectivity index (χ0v) is 14.0. The highest BCUT2D eigenvalue weighted by atomic mass is 35.5. The van der Waals surface area contributed by atoms with Crippen molar-refractivity contribution in [2.45, 2.75) is 30.9 Å². The number of aryl methyl sites for hydroxylation is 2. The summed E-state index contributed by atoms with van der Waals surface area (Å²) in [6.45, 7) is 5.71. The lowest BCUT2D eigenvalue weighted by atomic mass is 10.3. The molecular formula is C15H18ClN3OS. The fraction of sp³-hybridized carbons (Fsp3) is 0.333. The molecule has 4 nitrogen and oxygen atoms in total. The molecule has 1 atom stereocenters. The predicted octanol–water partition coefficient (Wildman–Crippen LogP) is 3.81. The summed E-state index contributed by atoms with van der Waals surface area (Å²) in [4.78, 5) is 13.3. The van der Waals surface area contributed by atoms with Gasteiger partial charge in [0.25, 0.3) is 0 Å². The van der Waals surface area contributed by atoms with Crippen LogP contribution in [0.4, 0.5) is 5.69 Å². The Kier molecular flexibility index (Phi) is 4.96. The summed E-state index contributed by atoms with van der Waals surface area (Å²) in [5.41, 5.74) is 2.57. The van der Waals surface area contributed by atoms with E-state index in [9.17, 15) is 4.79 Å². The first-order valence-corrected chi connectivity index (χ1v) is 7.87. The van der Waals surface area contributed by atoms with Crippen LogP contribution in [0.2, 0.25) is 5.02 Å². The van der Waals surface area contributed by atoms with Gasteiger partial charge in [0, 0.05) is 17.0 Å². The van der Waals surface area contributed by atoms with Gasteiger partial charge in [-0.3, -0.25) is 9.48 Å². The first-order valence-electron chi connectivity index (χ1n) is 6.61. The summed E-state index contributed by atoms with van der Waals surface area (Å²) in [7, 11) is 1.86. The second-order valence-electron chi connectivity index (χ2n) is 4.87. The Morgan fingerprint density at radius 1 is 1.33 bits per heavy atom. The van der Waals surface area contributed by atoms with Crippen molar-refractivity contribution in [3.63, 3.8) is 0 Å². The standard InChI is InChI=1S/C15H18ClN3OS/c1-9-14(10(2)19(4)18-9)17-15(20)11(3)21-13-7-5-12(16)6-8-13/h5-8,11H,1-4H3,(H,17,20)/t11-/m1/s1. The van der Waals surface area contributed by atoms with Crippen LogP contribution < -0.4 is 5.32 Å². The van der Waals surface area contributed by atoms with Crippen LogP contribution in [0, 0.1) is 13.8 Å². The second-order valence-corrected chi connectivity index (χ2v) is 6.72. The fourth-order valence-corrected chi connectivity index (χ4v) is 2.94. The van der Waals surface area contributed by atoms with E-state index in [1.165, 1.54) is 11.8 Å². The van der Waals surface area contributed by atoms with Crippen LogP contribution in [0.5, 0.6) is 0 Å². The highest BCUT2D eigenvalue weighted by Crippen LogP contribution is 2.26. The van der Waals surface area contributed by atoms with E-state index >= 15 is 0 Å². The minimum absolute atomic E-state index is 0.0332. The average Bonchev–Trinajstić information content (AvgIpc) is 2.68. The van der Waals surface area contributed by atoms with E-state index in [-0.39, 0.29) is 11.2 Å². The van der Waals surface area contributed by atoms with Crippen molar-refractivity contribution in [2.75, 3.05) is 5.32 Å². The number of carbonyl (C=O) groups excluding carboxylic acids is 1. The molecule has 0 fully saturated rings. The maximum Gasteiger partial charge on any atom is 0.237 e. The molecule has 1 heterocycles. The minimum atomic E-state index is -0.204. The highest BCUT2D eigenvalue weighted by Gasteiger charge is 2.18. The van der Waals surface area contributed by atoms with Crippen molar-refractivity contribution < 1.29 is 4.79 Å². The van der Waals surface area contributed by atoms with Crippen LogP contribution in [0.1, 0.15) is 18.3 Å². The molecule has 0 radical (unpaired) electrons. The van der Waals surface area contributed by atoms with Crippen LogP contribution in [0.25, 0.3) is 0 Å². The number of carbonyl (C=O) groups is 1. The molecule has 0 aliphatic heterocycles. The van der Waals surface area contributed by atoms with Gasteiger partial charge in [-0.15, -0.1) is 11.8 Å². The van der Waals surface area contributed by atoms with Crippen LogP contribution >= 0.6 is 23.4 Å². The minimum Gasteiger partial charge on any atom is -0.322 e. The third-order valence-electron chi connectivity index (χ3n) is 3.25. The molecule has 1 aromatic carbocycles. The summed E-state index contributed by atoms with van der Waals surface area (Å²) in [6, 6.07) is 7.47. The van der Waals surface area contributed by atoms with Crippen LogP contribution in [-0.2, 0) is 11.8 Å². The van der Waals surface area contributed by atoms with E-state index in [0.29, 0.717) is 5.02 Å². The maximum absolute atomic E-state index is 12.3. The SMILES string of the molecule is Cc1nn(C)c(C)c1NC(=O)[C@@H](C)Sc1ccc(Cl)cc1. The summed E-state index contributed by atoms with van der Waals surface area (Å²) in [5.74, 6) is -0.0332. The van der Waals surface area contributed by atoms with E-state index in [1.54, 1.807) is 4.68 Å². The summed E-state index contributed by atoms with van der Waals surface area (Å²) >= 11 is 7.36. The molecular weight excluding hydrogens is 306 g/mol. The van der Waals surface area contributed by atoms with Gasteiger partial charge in [-0.1, -0.05) is 11.6 Å². The van der Waals surface area contributed by atoms with Gasteiger partial charge in [-0.2, -0.15) is 5.10 Å². The van der Waals surface area contributed by atoms with Gasteiger partial charge in [0.05, 0.1) is 22.3 Å². The van der Waals surface area contributed by atoms with Gasteiger partial charge in [0.1, 0.15) is 0 Å². The molecule has 0 aliphatic carbocycles. The first-order chi connectivity index (χ1) is 9.88. The molecule has 0 bridgehead atoms. The smallest absolute Gasteiger partial charge is 0.237 e. The van der Waals surface area contributed by atoms with Crippen molar-refractivity contribution in [3.05, 3.63) is 40.7 Å². The van der Waals surface area contributed by atoms with E-state index in [0.717, 1.165) is 22.0 Å². The highest BCUT2D eigenvalue weighted by molar-refractivity contribution is 8.00. The van der Waals surface area contributed by atoms with Crippen molar-refractivity contribution in [3.8, 4) is 0 Å². The monoisotopic (exact) mass is 323 g/mol. The number of aromatic nitrogens is 2. The molecule has 112 valence electrons. The van der Waals surface area contributed by atoms with E-state index in [1.807, 2.05) is 52.1 Å². The third kappa shape index (κ3) is 3.80. The fourth-order valence-electron chi connectivity index (χ4n) is 1.95. The van der Waals surface area contributed by atoms with Gasteiger partial charge >= 0.3 is 0 Å². The van der Waals surface area contributed by atoms with Gasteiger partial charge in [0.15, 0.2) is 0 Å². The Bertz CT molecular complexity index is 652. The van der Waals surface area contributed by atoms with Gasteiger partial charge in [-0.05, 0) is 45.0 Å². The molecule has 1 N–H and O–H groups in total. The first kappa shape index (κ1) is 15.9. The van der Waals surface area contributed by atoms with Crippen molar-refractivity contribution in [1.29, 1.82) is 0 Å². The lowest BCUT2D eigenvalue weighted by molar-refractivity contribution is -0.115. The molecule has 21 heavy (non-hydrogen) atoms. The number of hydrogen-bond donors (Lipinski definition) is 1. The van der Waals surface area contributed by atoms with E-state index in [2.05, 4.69) is 10.4 Å². The average molecular weight is 324 g/mol. The zero-order valence-electron chi connectivity index (χ0n) is 12.5. The molecule has 0 unspecified atom stereocenters. The molecule has 1 aromatic heterocycles. The number of nitrogens with zero attached hydrogens (tertiary/aromatic N) is 2. The Morgan fingerprint density at radius 2 is 1.95 bits per heavy atom. The number of thioether (sulfide) groups is 1. The molecule has 1 amide bonds. The largest absolute Gasteiger partial charge is 0.322 e. The maximum atomic E-state index is 12.3. The molecule has 0 spiro atoms. The Hall–Kier alpha value is -1.46. The molecule has 0 aliphatic rings. The third-order valence-corrected chi connectivity index (χ3v) is 4.62.